The summed E-state index contributed by atoms with van der Waals surface area (Å²) in [4.78, 5) is 0. The molecule has 0 aliphatic rings. The maximum absolute atomic E-state index is 9.62. The van der Waals surface area contributed by atoms with E-state index in [4.69, 9.17) is 0 Å². The average Bonchev–Trinajstić information content (AvgIpc) is 2.38. The third-order valence-corrected chi connectivity index (χ3v) is 3.23. The molecule has 0 atom stereocenters. The van der Waals surface area contributed by atoms with Gasteiger partial charge in [0.25, 0.3) is 0 Å². The topological polar surface area (TPSA) is 32.3 Å². The van der Waals surface area contributed by atoms with Gasteiger partial charge in [-0.05, 0) is 12.8 Å². The highest BCUT2D eigenvalue weighted by molar-refractivity contribution is 4.88. The van der Waals surface area contributed by atoms with Gasteiger partial charge in [0.15, 0.2) is 0 Å². The summed E-state index contributed by atoms with van der Waals surface area (Å²) in [5.74, 6) is 0.511. The van der Waals surface area contributed by atoms with Gasteiger partial charge in [-0.3, -0.25) is 0 Å². The predicted molar refractivity (Wildman–Crippen MR) is 80.8 cm³/mol. The molecule has 0 spiro atoms. The lowest BCUT2D eigenvalue weighted by Crippen LogP contribution is -2.08. The maximum Gasteiger partial charge on any atom is 0.108 e. The van der Waals surface area contributed by atoms with E-state index in [0.29, 0.717) is 5.76 Å². The molecule has 0 aliphatic carbocycles. The minimum absolute atomic E-state index is 0.511. The molecule has 0 amide bonds. The van der Waals surface area contributed by atoms with Crippen molar-refractivity contribution in [2.24, 2.45) is 0 Å². The SMILES string of the molecule is CCCCCCCCNC=C(O)CCCCCC. The van der Waals surface area contributed by atoms with Gasteiger partial charge in [0.2, 0.25) is 0 Å². The zero-order chi connectivity index (χ0) is 13.5. The fourth-order valence-electron chi connectivity index (χ4n) is 2.00. The second-order valence-corrected chi connectivity index (χ2v) is 5.17. The van der Waals surface area contributed by atoms with Crippen molar-refractivity contribution in [3.8, 4) is 0 Å². The van der Waals surface area contributed by atoms with E-state index in [2.05, 4.69) is 19.2 Å². The largest absolute Gasteiger partial charge is 0.511 e. The van der Waals surface area contributed by atoms with E-state index in [1.54, 1.807) is 6.20 Å². The van der Waals surface area contributed by atoms with E-state index in [1.807, 2.05) is 0 Å². The number of hydrogen-bond acceptors (Lipinski definition) is 2. The summed E-state index contributed by atoms with van der Waals surface area (Å²) in [5.41, 5.74) is 0. The van der Waals surface area contributed by atoms with Gasteiger partial charge in [-0.25, -0.2) is 0 Å². The average molecular weight is 255 g/mol. The number of rotatable bonds is 13. The van der Waals surface area contributed by atoms with Gasteiger partial charge in [-0.1, -0.05) is 65.2 Å². The van der Waals surface area contributed by atoms with Crippen molar-refractivity contribution in [1.29, 1.82) is 0 Å². The quantitative estimate of drug-likeness (QED) is 0.345. The lowest BCUT2D eigenvalue weighted by molar-refractivity contribution is 0.375. The van der Waals surface area contributed by atoms with Crippen LogP contribution in [0.15, 0.2) is 12.0 Å². The molecule has 0 saturated carbocycles. The second-order valence-electron chi connectivity index (χ2n) is 5.17. The molecule has 18 heavy (non-hydrogen) atoms. The molecule has 0 heterocycles. The van der Waals surface area contributed by atoms with Crippen molar-refractivity contribution in [3.05, 3.63) is 12.0 Å². The van der Waals surface area contributed by atoms with Crippen LogP contribution in [0.4, 0.5) is 0 Å². The first-order valence-corrected chi connectivity index (χ1v) is 7.92. The first-order chi connectivity index (χ1) is 8.81. The minimum atomic E-state index is 0.511. The molecule has 2 heteroatoms. The fraction of sp³-hybridized carbons (Fsp3) is 0.875. The van der Waals surface area contributed by atoms with Crippen molar-refractivity contribution < 1.29 is 5.11 Å². The first kappa shape index (κ1) is 17.3. The molecule has 0 aromatic heterocycles. The van der Waals surface area contributed by atoms with Crippen LogP contribution in [0.3, 0.4) is 0 Å². The summed E-state index contributed by atoms with van der Waals surface area (Å²) in [6.07, 6.45) is 15.4. The van der Waals surface area contributed by atoms with Crippen LogP contribution in [0.5, 0.6) is 0 Å². The highest BCUT2D eigenvalue weighted by Gasteiger charge is 1.94. The van der Waals surface area contributed by atoms with Gasteiger partial charge >= 0.3 is 0 Å². The van der Waals surface area contributed by atoms with Crippen LogP contribution in [0.2, 0.25) is 0 Å². The third-order valence-electron chi connectivity index (χ3n) is 3.23. The summed E-state index contributed by atoms with van der Waals surface area (Å²) in [5, 5.41) is 12.8. The van der Waals surface area contributed by atoms with Crippen molar-refractivity contribution in [2.75, 3.05) is 6.54 Å². The van der Waals surface area contributed by atoms with Gasteiger partial charge in [0, 0.05) is 19.2 Å². The van der Waals surface area contributed by atoms with Crippen LogP contribution in [0.25, 0.3) is 0 Å². The molecule has 0 fully saturated rings. The molecule has 2 nitrogen and oxygen atoms in total. The molecular weight excluding hydrogens is 222 g/mol. The van der Waals surface area contributed by atoms with Gasteiger partial charge < -0.3 is 10.4 Å². The fourth-order valence-corrected chi connectivity index (χ4v) is 2.00. The molecule has 0 bridgehead atoms. The maximum atomic E-state index is 9.62. The molecule has 0 aromatic rings. The Balaban J connectivity index is 3.23. The normalized spacial score (nSPS) is 11.8. The first-order valence-electron chi connectivity index (χ1n) is 7.92. The number of allylic oxidation sites excluding steroid dienone is 1. The van der Waals surface area contributed by atoms with Crippen molar-refractivity contribution >= 4 is 0 Å². The molecule has 0 unspecified atom stereocenters. The number of aliphatic hydroxyl groups is 1. The Morgan fingerprint density at radius 3 is 2.06 bits per heavy atom. The zero-order valence-electron chi connectivity index (χ0n) is 12.5. The number of aliphatic hydroxyl groups excluding tert-OH is 1. The standard InChI is InChI=1S/C16H33NO/c1-3-5-7-9-10-12-14-17-15-16(18)13-11-8-6-4-2/h15,17-18H,3-14H2,1-2H3. The van der Waals surface area contributed by atoms with Crippen LogP contribution in [0.1, 0.15) is 84.5 Å². The predicted octanol–water partition coefficient (Wildman–Crippen LogP) is 5.31. The van der Waals surface area contributed by atoms with Gasteiger partial charge in [0.05, 0.1) is 0 Å². The number of nitrogens with one attached hydrogen (secondary N) is 1. The lowest BCUT2D eigenvalue weighted by atomic mass is 10.1. The molecule has 0 radical (unpaired) electrons. The summed E-state index contributed by atoms with van der Waals surface area (Å²) in [6.45, 7) is 5.44. The van der Waals surface area contributed by atoms with E-state index in [9.17, 15) is 5.11 Å². The summed E-state index contributed by atoms with van der Waals surface area (Å²) >= 11 is 0. The van der Waals surface area contributed by atoms with E-state index in [-0.39, 0.29) is 0 Å². The van der Waals surface area contributed by atoms with Gasteiger partial charge in [0.1, 0.15) is 5.76 Å². The Bertz CT molecular complexity index is 190. The molecular formula is C16H33NO. The van der Waals surface area contributed by atoms with Crippen LogP contribution < -0.4 is 5.32 Å². The molecule has 108 valence electrons. The highest BCUT2D eigenvalue weighted by atomic mass is 16.3. The third kappa shape index (κ3) is 13.4. The Hall–Kier alpha value is -0.660. The second kappa shape index (κ2) is 14.4. The van der Waals surface area contributed by atoms with Crippen molar-refractivity contribution in [3.63, 3.8) is 0 Å². The Morgan fingerprint density at radius 2 is 1.39 bits per heavy atom. The van der Waals surface area contributed by atoms with Crippen LogP contribution >= 0.6 is 0 Å². The molecule has 0 aromatic carbocycles. The van der Waals surface area contributed by atoms with E-state index in [0.717, 1.165) is 19.4 Å². The Morgan fingerprint density at radius 1 is 0.833 bits per heavy atom. The van der Waals surface area contributed by atoms with E-state index >= 15 is 0 Å². The van der Waals surface area contributed by atoms with Gasteiger partial charge in [-0.15, -0.1) is 0 Å². The smallest absolute Gasteiger partial charge is 0.108 e. The van der Waals surface area contributed by atoms with Crippen LogP contribution in [-0.2, 0) is 0 Å². The Labute approximate surface area is 114 Å². The van der Waals surface area contributed by atoms with Crippen LogP contribution in [-0.4, -0.2) is 11.7 Å². The summed E-state index contributed by atoms with van der Waals surface area (Å²) in [7, 11) is 0. The van der Waals surface area contributed by atoms with E-state index in [1.165, 1.54) is 57.8 Å². The summed E-state index contributed by atoms with van der Waals surface area (Å²) in [6, 6.07) is 0. The Kier molecular flexibility index (Phi) is 13.9. The van der Waals surface area contributed by atoms with Crippen LogP contribution in [0, 0.1) is 0 Å². The zero-order valence-corrected chi connectivity index (χ0v) is 12.5. The minimum Gasteiger partial charge on any atom is -0.511 e. The lowest BCUT2D eigenvalue weighted by Gasteiger charge is -2.03. The monoisotopic (exact) mass is 255 g/mol. The summed E-state index contributed by atoms with van der Waals surface area (Å²) < 4.78 is 0. The highest BCUT2D eigenvalue weighted by Crippen LogP contribution is 2.07. The van der Waals surface area contributed by atoms with Crippen molar-refractivity contribution in [2.45, 2.75) is 84.5 Å². The number of unbranched alkanes of at least 4 members (excludes halogenated alkanes) is 8. The molecule has 0 aliphatic heterocycles. The van der Waals surface area contributed by atoms with Gasteiger partial charge in [-0.2, -0.15) is 0 Å². The number of hydrogen-bond donors (Lipinski definition) is 2. The van der Waals surface area contributed by atoms with Crippen molar-refractivity contribution in [1.82, 2.24) is 5.32 Å². The van der Waals surface area contributed by atoms with E-state index < -0.39 is 0 Å². The molecule has 0 rings (SSSR count). The molecule has 2 N–H and O–H groups in total. The molecule has 0 saturated heterocycles.